The van der Waals surface area contributed by atoms with E-state index in [1.807, 2.05) is 12.3 Å². The van der Waals surface area contributed by atoms with Gasteiger partial charge in [-0.3, -0.25) is 4.98 Å². The summed E-state index contributed by atoms with van der Waals surface area (Å²) in [4.78, 5) is 4.53. The van der Waals surface area contributed by atoms with Crippen molar-refractivity contribution in [3.63, 3.8) is 0 Å². The van der Waals surface area contributed by atoms with Crippen LogP contribution in [0.15, 0.2) is 36.5 Å². The molecular formula is C14H16N2. The van der Waals surface area contributed by atoms with Crippen LogP contribution in [0.25, 0.3) is 10.9 Å². The second-order valence-electron chi connectivity index (χ2n) is 4.56. The minimum atomic E-state index is 0.563. The molecular weight excluding hydrogens is 196 g/mol. The van der Waals surface area contributed by atoms with E-state index < -0.39 is 0 Å². The van der Waals surface area contributed by atoms with Crippen LogP contribution in [0.3, 0.4) is 0 Å². The SMILES string of the molecule is CC1NCCC1c1cccc2cccnc12. The number of nitrogens with zero attached hydrogens (tertiary/aromatic N) is 1. The molecule has 3 rings (SSSR count). The van der Waals surface area contributed by atoms with Crippen molar-refractivity contribution >= 4 is 10.9 Å². The van der Waals surface area contributed by atoms with Crippen molar-refractivity contribution in [1.82, 2.24) is 10.3 Å². The molecule has 2 unspecified atom stereocenters. The van der Waals surface area contributed by atoms with E-state index >= 15 is 0 Å². The zero-order valence-corrected chi connectivity index (χ0v) is 9.48. The number of fused-ring (bicyclic) bond motifs is 1. The summed E-state index contributed by atoms with van der Waals surface area (Å²) in [7, 11) is 0. The Hall–Kier alpha value is -1.41. The van der Waals surface area contributed by atoms with Crippen molar-refractivity contribution in [1.29, 1.82) is 0 Å². The molecule has 16 heavy (non-hydrogen) atoms. The molecule has 1 fully saturated rings. The van der Waals surface area contributed by atoms with Gasteiger partial charge < -0.3 is 5.32 Å². The van der Waals surface area contributed by atoms with Gasteiger partial charge in [0.15, 0.2) is 0 Å². The van der Waals surface area contributed by atoms with E-state index in [9.17, 15) is 0 Å². The molecule has 0 saturated carbocycles. The standard InChI is InChI=1S/C14H16N2/c1-10-12(7-9-15-10)13-6-2-4-11-5-3-8-16-14(11)13/h2-6,8,10,12,15H,7,9H2,1H3. The minimum absolute atomic E-state index is 0.563. The lowest BCUT2D eigenvalue weighted by Crippen LogP contribution is -2.21. The minimum Gasteiger partial charge on any atom is -0.314 e. The van der Waals surface area contributed by atoms with Crippen LogP contribution in [0.5, 0.6) is 0 Å². The van der Waals surface area contributed by atoms with Gasteiger partial charge in [-0.2, -0.15) is 0 Å². The third-order valence-electron chi connectivity index (χ3n) is 3.59. The van der Waals surface area contributed by atoms with Gasteiger partial charge >= 0.3 is 0 Å². The van der Waals surface area contributed by atoms with Gasteiger partial charge in [-0.25, -0.2) is 0 Å². The molecule has 2 nitrogen and oxygen atoms in total. The lowest BCUT2D eigenvalue weighted by atomic mass is 9.91. The Morgan fingerprint density at radius 2 is 2.12 bits per heavy atom. The Labute approximate surface area is 95.7 Å². The number of hydrogen-bond donors (Lipinski definition) is 1. The summed E-state index contributed by atoms with van der Waals surface area (Å²) >= 11 is 0. The monoisotopic (exact) mass is 212 g/mol. The molecule has 0 spiro atoms. The summed E-state index contributed by atoms with van der Waals surface area (Å²) in [5, 5.41) is 4.75. The molecule has 1 aromatic carbocycles. The fourth-order valence-corrected chi connectivity index (χ4v) is 2.71. The van der Waals surface area contributed by atoms with Gasteiger partial charge in [0.05, 0.1) is 5.52 Å². The van der Waals surface area contributed by atoms with Gasteiger partial charge in [-0.05, 0) is 31.5 Å². The zero-order chi connectivity index (χ0) is 11.0. The molecule has 82 valence electrons. The van der Waals surface area contributed by atoms with Crippen molar-refractivity contribution in [3.8, 4) is 0 Å². The molecule has 2 heteroatoms. The second-order valence-corrected chi connectivity index (χ2v) is 4.56. The van der Waals surface area contributed by atoms with E-state index in [1.165, 1.54) is 22.9 Å². The molecule has 1 aliphatic rings. The number of pyridine rings is 1. The normalized spacial score (nSPS) is 25.1. The van der Waals surface area contributed by atoms with Crippen molar-refractivity contribution < 1.29 is 0 Å². The molecule has 1 N–H and O–H groups in total. The van der Waals surface area contributed by atoms with E-state index in [-0.39, 0.29) is 0 Å². The summed E-state index contributed by atoms with van der Waals surface area (Å²) < 4.78 is 0. The summed E-state index contributed by atoms with van der Waals surface area (Å²) in [5.41, 5.74) is 2.57. The molecule has 1 aromatic heterocycles. The third kappa shape index (κ3) is 1.50. The van der Waals surface area contributed by atoms with Crippen LogP contribution < -0.4 is 5.32 Å². The second kappa shape index (κ2) is 3.87. The summed E-state index contributed by atoms with van der Waals surface area (Å²) in [6.45, 7) is 3.38. The number of benzene rings is 1. The van der Waals surface area contributed by atoms with Crippen molar-refractivity contribution in [2.24, 2.45) is 0 Å². The first-order valence-electron chi connectivity index (χ1n) is 5.93. The quantitative estimate of drug-likeness (QED) is 0.786. The zero-order valence-electron chi connectivity index (χ0n) is 9.48. The van der Waals surface area contributed by atoms with E-state index in [2.05, 4.69) is 41.5 Å². The van der Waals surface area contributed by atoms with E-state index in [0.717, 1.165) is 6.54 Å². The Kier molecular flexibility index (Phi) is 2.37. The first-order chi connectivity index (χ1) is 7.86. The largest absolute Gasteiger partial charge is 0.314 e. The Balaban J connectivity index is 2.16. The highest BCUT2D eigenvalue weighted by Crippen LogP contribution is 2.31. The van der Waals surface area contributed by atoms with E-state index in [1.54, 1.807) is 0 Å². The van der Waals surface area contributed by atoms with Crippen LogP contribution in [0.1, 0.15) is 24.8 Å². The van der Waals surface area contributed by atoms with Crippen molar-refractivity contribution in [2.75, 3.05) is 6.54 Å². The van der Waals surface area contributed by atoms with Crippen LogP contribution >= 0.6 is 0 Å². The first kappa shape index (κ1) is 9.79. The third-order valence-corrected chi connectivity index (χ3v) is 3.59. The molecule has 2 atom stereocenters. The van der Waals surface area contributed by atoms with Gasteiger partial charge in [0.25, 0.3) is 0 Å². The maximum Gasteiger partial charge on any atom is 0.0737 e. The van der Waals surface area contributed by atoms with Crippen LogP contribution in [0.4, 0.5) is 0 Å². The van der Waals surface area contributed by atoms with E-state index in [0.29, 0.717) is 12.0 Å². The number of rotatable bonds is 1. The first-order valence-corrected chi connectivity index (χ1v) is 5.93. The lowest BCUT2D eigenvalue weighted by Gasteiger charge is -2.16. The lowest BCUT2D eigenvalue weighted by molar-refractivity contribution is 0.597. The maximum atomic E-state index is 4.53. The topological polar surface area (TPSA) is 24.9 Å². The Bertz CT molecular complexity index is 502. The average molecular weight is 212 g/mol. The van der Waals surface area contributed by atoms with Crippen LogP contribution in [0, 0.1) is 0 Å². The van der Waals surface area contributed by atoms with Gasteiger partial charge in [0.2, 0.25) is 0 Å². The molecule has 0 aliphatic carbocycles. The van der Waals surface area contributed by atoms with Crippen LogP contribution in [-0.2, 0) is 0 Å². The fraction of sp³-hybridized carbons (Fsp3) is 0.357. The molecule has 0 radical (unpaired) electrons. The summed E-state index contributed by atoms with van der Waals surface area (Å²) in [5.74, 6) is 0.610. The van der Waals surface area contributed by atoms with Crippen molar-refractivity contribution in [2.45, 2.75) is 25.3 Å². The maximum absolute atomic E-state index is 4.53. The van der Waals surface area contributed by atoms with Gasteiger partial charge in [0, 0.05) is 23.5 Å². The molecule has 2 aromatic rings. The number of para-hydroxylation sites is 1. The fourth-order valence-electron chi connectivity index (χ4n) is 2.71. The molecule has 1 saturated heterocycles. The summed E-state index contributed by atoms with van der Waals surface area (Å²) in [6.07, 6.45) is 3.11. The van der Waals surface area contributed by atoms with Crippen LogP contribution in [-0.4, -0.2) is 17.6 Å². The molecule has 1 aliphatic heterocycles. The number of hydrogen-bond acceptors (Lipinski definition) is 2. The summed E-state index contributed by atoms with van der Waals surface area (Å²) in [6, 6.07) is 11.2. The predicted octanol–water partition coefficient (Wildman–Crippen LogP) is 2.70. The van der Waals surface area contributed by atoms with E-state index in [4.69, 9.17) is 0 Å². The predicted molar refractivity (Wildman–Crippen MR) is 66.6 cm³/mol. The highest BCUT2D eigenvalue weighted by Gasteiger charge is 2.25. The van der Waals surface area contributed by atoms with Crippen LogP contribution in [0.2, 0.25) is 0 Å². The Morgan fingerprint density at radius 1 is 1.25 bits per heavy atom. The number of aromatic nitrogens is 1. The highest BCUT2D eigenvalue weighted by molar-refractivity contribution is 5.82. The number of nitrogens with one attached hydrogen (secondary N) is 1. The smallest absolute Gasteiger partial charge is 0.0737 e. The van der Waals surface area contributed by atoms with Crippen molar-refractivity contribution in [3.05, 3.63) is 42.1 Å². The average Bonchev–Trinajstić information content (AvgIpc) is 2.75. The highest BCUT2D eigenvalue weighted by atomic mass is 14.9. The van der Waals surface area contributed by atoms with Gasteiger partial charge in [-0.1, -0.05) is 24.3 Å². The molecule has 0 bridgehead atoms. The van der Waals surface area contributed by atoms with Gasteiger partial charge in [0.1, 0.15) is 0 Å². The van der Waals surface area contributed by atoms with Gasteiger partial charge in [-0.15, -0.1) is 0 Å². The molecule has 2 heterocycles. The Morgan fingerprint density at radius 3 is 2.94 bits per heavy atom. The molecule has 0 amide bonds.